The molecular weight excluding hydrogens is 471 g/mol. The highest BCUT2D eigenvalue weighted by atomic mass is 32.2. The molecule has 2 aliphatic heterocycles. The van der Waals surface area contributed by atoms with Crippen LogP contribution < -0.4 is 0 Å². The van der Waals surface area contributed by atoms with E-state index in [1.165, 1.54) is 41.6 Å². The van der Waals surface area contributed by atoms with Gasteiger partial charge in [-0.1, -0.05) is 0 Å². The summed E-state index contributed by atoms with van der Waals surface area (Å²) in [5.74, 6) is 0.0949. The Balaban J connectivity index is 1.40. The van der Waals surface area contributed by atoms with Gasteiger partial charge in [0.25, 0.3) is 11.8 Å². The van der Waals surface area contributed by atoms with Crippen LogP contribution in [0.2, 0.25) is 0 Å². The summed E-state index contributed by atoms with van der Waals surface area (Å²) in [6.45, 7) is 4.42. The molecule has 2 aromatic rings. The van der Waals surface area contributed by atoms with E-state index in [0.29, 0.717) is 22.8 Å². The van der Waals surface area contributed by atoms with Crippen LogP contribution in [0.3, 0.4) is 0 Å². The van der Waals surface area contributed by atoms with E-state index in [9.17, 15) is 14.4 Å². The maximum atomic E-state index is 13.3. The maximum absolute atomic E-state index is 13.3. The van der Waals surface area contributed by atoms with Gasteiger partial charge < -0.3 is 9.80 Å². The minimum Gasteiger partial charge on any atom is -0.338 e. The fourth-order valence-corrected chi connectivity index (χ4v) is 7.51. The number of aromatic nitrogens is 1. The van der Waals surface area contributed by atoms with Crippen molar-refractivity contribution in [2.24, 2.45) is 5.41 Å². The van der Waals surface area contributed by atoms with E-state index in [1.807, 2.05) is 22.3 Å². The molecule has 2 amide bonds. The summed E-state index contributed by atoms with van der Waals surface area (Å²) in [4.78, 5) is 42.8. The Hall–Kier alpha value is -1.36. The Bertz CT molecular complexity index is 986. The van der Waals surface area contributed by atoms with Crippen LogP contribution in [0.15, 0.2) is 21.4 Å². The molecule has 166 valence electrons. The Morgan fingerprint density at radius 3 is 2.19 bits per heavy atom. The van der Waals surface area contributed by atoms with Gasteiger partial charge in [0.2, 0.25) is 0 Å². The minimum atomic E-state index is -0.00700. The smallest absolute Gasteiger partial charge is 0.263 e. The fraction of sp³-hybridized carbons (Fsp3) is 0.524. The van der Waals surface area contributed by atoms with Crippen molar-refractivity contribution in [2.75, 3.05) is 38.7 Å². The average molecular weight is 496 g/mol. The lowest BCUT2D eigenvalue weighted by Gasteiger charge is -2.39. The van der Waals surface area contributed by atoms with Crippen molar-refractivity contribution < 1.29 is 14.4 Å². The predicted octanol–water partition coefficient (Wildman–Crippen LogP) is 4.62. The maximum Gasteiger partial charge on any atom is 0.263 e. The normalized spacial score (nSPS) is 18.0. The first kappa shape index (κ1) is 22.8. The van der Waals surface area contributed by atoms with E-state index >= 15 is 0 Å². The standard InChI is InChI=1S/C21H25N3O3S4/c1-13(25)14-4-5-15(30-14)18(26)23-9-6-21(7-10-23)8-11-24(12-21)19(27)16-17(28-2)22-31-20(16)29-3/h4-5H,6-12H2,1-3H3. The van der Waals surface area contributed by atoms with Gasteiger partial charge in [-0.3, -0.25) is 14.4 Å². The second kappa shape index (κ2) is 9.25. The molecule has 4 rings (SSSR count). The van der Waals surface area contributed by atoms with E-state index in [2.05, 4.69) is 4.37 Å². The van der Waals surface area contributed by atoms with Crippen molar-refractivity contribution in [3.8, 4) is 0 Å². The molecule has 10 heteroatoms. The van der Waals surface area contributed by atoms with Crippen molar-refractivity contribution in [1.82, 2.24) is 14.2 Å². The number of thioether (sulfide) groups is 2. The van der Waals surface area contributed by atoms with Gasteiger partial charge in [0, 0.05) is 26.2 Å². The number of hydrogen-bond donors (Lipinski definition) is 0. The molecule has 1 spiro atoms. The molecule has 0 N–H and O–H groups in total. The number of Topliss-reactive ketones (excluding diaryl/α,β-unsaturated/α-hetero) is 1. The summed E-state index contributed by atoms with van der Waals surface area (Å²) in [6, 6.07) is 3.49. The molecule has 0 atom stereocenters. The van der Waals surface area contributed by atoms with Crippen molar-refractivity contribution in [1.29, 1.82) is 0 Å². The molecule has 0 unspecified atom stereocenters. The first-order valence-electron chi connectivity index (χ1n) is 10.1. The molecule has 4 heterocycles. The van der Waals surface area contributed by atoms with Gasteiger partial charge in [-0.15, -0.1) is 34.9 Å². The van der Waals surface area contributed by atoms with Gasteiger partial charge in [-0.05, 0) is 67.8 Å². The SMILES string of the molecule is CSc1nsc(SC)c1C(=O)N1CCC2(CCN(C(=O)c3ccc(C(C)=O)s3)CC2)C1. The van der Waals surface area contributed by atoms with Crippen molar-refractivity contribution >= 4 is 64.0 Å². The van der Waals surface area contributed by atoms with Crippen molar-refractivity contribution in [3.63, 3.8) is 0 Å². The van der Waals surface area contributed by atoms with E-state index < -0.39 is 0 Å². The molecule has 0 aliphatic carbocycles. The summed E-state index contributed by atoms with van der Waals surface area (Å²) in [5.41, 5.74) is 0.850. The van der Waals surface area contributed by atoms with Gasteiger partial charge in [-0.25, -0.2) is 0 Å². The first-order chi connectivity index (χ1) is 14.9. The van der Waals surface area contributed by atoms with E-state index in [0.717, 1.165) is 47.2 Å². The summed E-state index contributed by atoms with van der Waals surface area (Å²) in [5, 5.41) is 0.821. The number of thiophene rings is 1. The molecule has 0 bridgehead atoms. The van der Waals surface area contributed by atoms with Gasteiger partial charge >= 0.3 is 0 Å². The number of carbonyl (C=O) groups excluding carboxylic acids is 3. The average Bonchev–Trinajstić information content (AvgIpc) is 3.51. The molecule has 2 saturated heterocycles. The summed E-state index contributed by atoms with van der Waals surface area (Å²) in [6.07, 6.45) is 6.73. The monoisotopic (exact) mass is 495 g/mol. The topological polar surface area (TPSA) is 70.6 Å². The van der Waals surface area contributed by atoms with Crippen LogP contribution in [-0.2, 0) is 0 Å². The van der Waals surface area contributed by atoms with Crippen LogP contribution in [0.5, 0.6) is 0 Å². The van der Waals surface area contributed by atoms with Crippen molar-refractivity contribution in [2.45, 2.75) is 35.4 Å². The third-order valence-corrected chi connectivity index (χ3v) is 10.1. The van der Waals surface area contributed by atoms with Crippen molar-refractivity contribution in [3.05, 3.63) is 27.5 Å². The number of piperidine rings is 1. The Morgan fingerprint density at radius 1 is 0.968 bits per heavy atom. The number of carbonyl (C=O) groups is 3. The highest BCUT2D eigenvalue weighted by Crippen LogP contribution is 2.42. The molecule has 2 fully saturated rings. The summed E-state index contributed by atoms with van der Waals surface area (Å²) in [7, 11) is 0. The first-order valence-corrected chi connectivity index (χ1v) is 14.2. The van der Waals surface area contributed by atoms with Crippen LogP contribution in [-0.4, -0.2) is 70.5 Å². The Labute approximate surface area is 198 Å². The second-order valence-electron chi connectivity index (χ2n) is 8.05. The number of rotatable bonds is 5. The van der Waals surface area contributed by atoms with Gasteiger partial charge in [0.15, 0.2) is 5.78 Å². The molecule has 2 aromatic heterocycles. The summed E-state index contributed by atoms with van der Waals surface area (Å²) >= 11 is 5.78. The molecule has 0 saturated carbocycles. The third kappa shape index (κ3) is 4.44. The minimum absolute atomic E-state index is 0.00700. The highest BCUT2D eigenvalue weighted by Gasteiger charge is 2.43. The quantitative estimate of drug-likeness (QED) is 0.445. The zero-order chi connectivity index (χ0) is 22.2. The van der Waals surface area contributed by atoms with Crippen LogP contribution in [0.25, 0.3) is 0 Å². The van der Waals surface area contributed by atoms with Crippen LogP contribution >= 0.6 is 46.4 Å². The predicted molar refractivity (Wildman–Crippen MR) is 128 cm³/mol. The Kier molecular flexibility index (Phi) is 6.81. The lowest BCUT2D eigenvalue weighted by molar-refractivity contribution is 0.0568. The molecule has 2 aliphatic rings. The number of ketones is 1. The number of amides is 2. The van der Waals surface area contributed by atoms with Crippen LogP contribution in [0.1, 0.15) is 55.9 Å². The lowest BCUT2D eigenvalue weighted by Crippen LogP contribution is -2.44. The van der Waals surface area contributed by atoms with E-state index in [4.69, 9.17) is 0 Å². The zero-order valence-corrected chi connectivity index (χ0v) is 21.1. The van der Waals surface area contributed by atoms with Gasteiger partial charge in [-0.2, -0.15) is 4.37 Å². The summed E-state index contributed by atoms with van der Waals surface area (Å²) < 4.78 is 5.43. The van der Waals surface area contributed by atoms with E-state index in [1.54, 1.807) is 23.9 Å². The largest absolute Gasteiger partial charge is 0.338 e. The van der Waals surface area contributed by atoms with E-state index in [-0.39, 0.29) is 23.0 Å². The third-order valence-electron chi connectivity index (χ3n) is 6.22. The van der Waals surface area contributed by atoms with Gasteiger partial charge in [0.1, 0.15) is 5.03 Å². The van der Waals surface area contributed by atoms with Gasteiger partial charge in [0.05, 0.1) is 19.5 Å². The Morgan fingerprint density at radius 2 is 1.61 bits per heavy atom. The molecule has 6 nitrogen and oxygen atoms in total. The highest BCUT2D eigenvalue weighted by molar-refractivity contribution is 8.01. The lowest BCUT2D eigenvalue weighted by atomic mass is 9.77. The number of likely N-dealkylation sites (tertiary alicyclic amines) is 2. The second-order valence-corrected chi connectivity index (χ2v) is 11.8. The molecule has 0 radical (unpaired) electrons. The number of hydrogen-bond acceptors (Lipinski definition) is 8. The fourth-order valence-electron chi connectivity index (χ4n) is 4.38. The molecular formula is C21H25N3O3S4. The van der Waals surface area contributed by atoms with Crippen LogP contribution in [0, 0.1) is 5.41 Å². The zero-order valence-electron chi connectivity index (χ0n) is 17.8. The van der Waals surface area contributed by atoms with Crippen LogP contribution in [0.4, 0.5) is 0 Å². The number of nitrogens with zero attached hydrogens (tertiary/aromatic N) is 3. The molecule has 31 heavy (non-hydrogen) atoms. The molecule has 0 aromatic carbocycles.